The van der Waals surface area contributed by atoms with Gasteiger partial charge in [0.1, 0.15) is 5.82 Å². The summed E-state index contributed by atoms with van der Waals surface area (Å²) in [6.45, 7) is 3.34. The van der Waals surface area contributed by atoms with Crippen molar-refractivity contribution in [1.82, 2.24) is 10.2 Å². The zero-order chi connectivity index (χ0) is 18.5. The molecule has 1 aromatic rings. The molecule has 144 valence electrons. The second-order valence-corrected chi connectivity index (χ2v) is 7.52. The minimum atomic E-state index is -0.561. The molecule has 2 saturated heterocycles. The van der Waals surface area contributed by atoms with Crippen molar-refractivity contribution < 1.29 is 13.9 Å². The van der Waals surface area contributed by atoms with E-state index in [4.69, 9.17) is 22.1 Å². The van der Waals surface area contributed by atoms with E-state index < -0.39 is 6.04 Å². The van der Waals surface area contributed by atoms with Crippen LogP contribution in [0, 0.1) is 11.7 Å². The van der Waals surface area contributed by atoms with Crippen molar-refractivity contribution in [2.24, 2.45) is 11.7 Å². The number of nitrogens with zero attached hydrogens (tertiary/aromatic N) is 1. The molecule has 2 unspecified atom stereocenters. The number of rotatable bonds is 6. The summed E-state index contributed by atoms with van der Waals surface area (Å²) < 4.78 is 19.8. The summed E-state index contributed by atoms with van der Waals surface area (Å²) in [5, 5.41) is 3.33. The van der Waals surface area contributed by atoms with E-state index in [1.807, 2.05) is 0 Å². The number of nitrogens with one attached hydrogen (secondary N) is 1. The quantitative estimate of drug-likeness (QED) is 0.792. The number of ether oxygens (including phenoxy) is 1. The molecule has 0 saturated carbocycles. The molecule has 3 rings (SSSR count). The van der Waals surface area contributed by atoms with Crippen LogP contribution in [-0.2, 0) is 9.53 Å². The number of nitrogens with two attached hydrogens (primary N) is 1. The molecule has 5 nitrogen and oxygen atoms in total. The SMILES string of the molecule is NC(C(=O)NCC(c1c(F)cccc1Cl)N1CCCC1)C1CCOCC1. The highest BCUT2D eigenvalue weighted by Crippen LogP contribution is 2.32. The van der Waals surface area contributed by atoms with Crippen molar-refractivity contribution in [2.75, 3.05) is 32.8 Å². The Morgan fingerprint density at radius 2 is 2.04 bits per heavy atom. The third-order valence-electron chi connectivity index (χ3n) is 5.46. The number of benzene rings is 1. The van der Waals surface area contributed by atoms with E-state index in [0.29, 0.717) is 30.3 Å². The fourth-order valence-corrected chi connectivity index (χ4v) is 4.19. The zero-order valence-electron chi connectivity index (χ0n) is 14.9. The lowest BCUT2D eigenvalue weighted by Crippen LogP contribution is -2.49. The first-order chi connectivity index (χ1) is 12.6. The number of carbonyl (C=O) groups is 1. The van der Waals surface area contributed by atoms with Crippen molar-refractivity contribution in [2.45, 2.75) is 37.8 Å². The standard InChI is InChI=1S/C19H27ClFN3O2/c20-14-4-3-5-15(21)17(14)16(24-8-1-2-9-24)12-23-19(25)18(22)13-6-10-26-11-7-13/h3-5,13,16,18H,1-2,6-12,22H2,(H,23,25). The Bertz CT molecular complexity index is 599. The highest BCUT2D eigenvalue weighted by molar-refractivity contribution is 6.31. The molecule has 0 aromatic heterocycles. The molecule has 1 aromatic carbocycles. The summed E-state index contributed by atoms with van der Waals surface area (Å²) in [5.74, 6) is -0.392. The van der Waals surface area contributed by atoms with Crippen molar-refractivity contribution in [3.63, 3.8) is 0 Å². The normalized spacial score (nSPS) is 21.5. The van der Waals surface area contributed by atoms with Gasteiger partial charge < -0.3 is 15.8 Å². The lowest BCUT2D eigenvalue weighted by molar-refractivity contribution is -0.124. The van der Waals surface area contributed by atoms with Gasteiger partial charge in [-0.2, -0.15) is 0 Å². The van der Waals surface area contributed by atoms with E-state index in [9.17, 15) is 9.18 Å². The van der Waals surface area contributed by atoms with Crippen molar-refractivity contribution in [1.29, 1.82) is 0 Å². The van der Waals surface area contributed by atoms with Gasteiger partial charge in [0.15, 0.2) is 0 Å². The molecule has 3 N–H and O–H groups in total. The van der Waals surface area contributed by atoms with Gasteiger partial charge in [-0.15, -0.1) is 0 Å². The molecular weight excluding hydrogens is 357 g/mol. The first-order valence-electron chi connectivity index (χ1n) is 9.37. The number of carbonyl (C=O) groups excluding carboxylic acids is 1. The Morgan fingerprint density at radius 1 is 1.35 bits per heavy atom. The van der Waals surface area contributed by atoms with Crippen LogP contribution in [0.5, 0.6) is 0 Å². The average molecular weight is 384 g/mol. The monoisotopic (exact) mass is 383 g/mol. The van der Waals surface area contributed by atoms with Crippen LogP contribution in [0.4, 0.5) is 4.39 Å². The van der Waals surface area contributed by atoms with Crippen molar-refractivity contribution in [3.8, 4) is 0 Å². The largest absolute Gasteiger partial charge is 0.381 e. The van der Waals surface area contributed by atoms with E-state index in [2.05, 4.69) is 10.2 Å². The summed E-state index contributed by atoms with van der Waals surface area (Å²) in [4.78, 5) is 14.7. The molecule has 0 bridgehead atoms. The fourth-order valence-electron chi connectivity index (χ4n) is 3.90. The van der Waals surface area contributed by atoms with Crippen LogP contribution in [0.1, 0.15) is 37.3 Å². The van der Waals surface area contributed by atoms with Crippen LogP contribution in [0.25, 0.3) is 0 Å². The second-order valence-electron chi connectivity index (χ2n) is 7.11. The summed E-state index contributed by atoms with van der Waals surface area (Å²) in [6.07, 6.45) is 3.72. The number of hydrogen-bond acceptors (Lipinski definition) is 4. The minimum Gasteiger partial charge on any atom is -0.381 e. The Hall–Kier alpha value is -1.21. The van der Waals surface area contributed by atoms with Gasteiger partial charge in [-0.05, 0) is 56.8 Å². The molecule has 0 radical (unpaired) electrons. The van der Waals surface area contributed by atoms with Crippen LogP contribution >= 0.6 is 11.6 Å². The molecule has 26 heavy (non-hydrogen) atoms. The van der Waals surface area contributed by atoms with Gasteiger partial charge in [-0.1, -0.05) is 17.7 Å². The second kappa shape index (κ2) is 9.13. The number of halogens is 2. The van der Waals surface area contributed by atoms with Gasteiger partial charge >= 0.3 is 0 Å². The molecule has 2 aliphatic heterocycles. The van der Waals surface area contributed by atoms with Crippen molar-refractivity contribution in [3.05, 3.63) is 34.6 Å². The predicted octanol–water partition coefficient (Wildman–Crippen LogP) is 2.49. The molecule has 2 fully saturated rings. The van der Waals surface area contributed by atoms with E-state index in [-0.39, 0.29) is 23.7 Å². The van der Waals surface area contributed by atoms with Crippen molar-refractivity contribution >= 4 is 17.5 Å². The van der Waals surface area contributed by atoms with Gasteiger partial charge in [0.25, 0.3) is 0 Å². The summed E-state index contributed by atoms with van der Waals surface area (Å²) >= 11 is 6.28. The zero-order valence-corrected chi connectivity index (χ0v) is 15.7. The molecule has 0 aliphatic carbocycles. The molecular formula is C19H27ClFN3O2. The Labute approximate surface area is 159 Å². The first kappa shape index (κ1) is 19.5. The minimum absolute atomic E-state index is 0.131. The molecule has 0 spiro atoms. The average Bonchev–Trinajstić information content (AvgIpc) is 3.18. The molecule has 2 heterocycles. The topological polar surface area (TPSA) is 67.6 Å². The van der Waals surface area contributed by atoms with E-state index >= 15 is 0 Å². The Morgan fingerprint density at radius 3 is 2.69 bits per heavy atom. The molecule has 7 heteroatoms. The molecule has 2 atom stereocenters. The van der Waals surface area contributed by atoms with Crippen LogP contribution in [0.15, 0.2) is 18.2 Å². The number of likely N-dealkylation sites (tertiary alicyclic amines) is 1. The third-order valence-corrected chi connectivity index (χ3v) is 5.79. The number of amides is 1. The predicted molar refractivity (Wildman–Crippen MR) is 99.5 cm³/mol. The Kier molecular flexibility index (Phi) is 6.86. The van der Waals surface area contributed by atoms with Crippen LogP contribution in [-0.4, -0.2) is 49.7 Å². The van der Waals surface area contributed by atoms with Crippen LogP contribution in [0.3, 0.4) is 0 Å². The maximum Gasteiger partial charge on any atom is 0.237 e. The van der Waals surface area contributed by atoms with Gasteiger partial charge in [0.05, 0.1) is 12.1 Å². The molecule has 1 amide bonds. The van der Waals surface area contributed by atoms with Gasteiger partial charge in [-0.3, -0.25) is 9.69 Å². The summed E-state index contributed by atoms with van der Waals surface area (Å²) in [5.41, 5.74) is 6.60. The fraction of sp³-hybridized carbons (Fsp3) is 0.632. The lowest BCUT2D eigenvalue weighted by atomic mass is 9.92. The maximum absolute atomic E-state index is 14.5. The van der Waals surface area contributed by atoms with Gasteiger partial charge in [-0.25, -0.2) is 4.39 Å². The van der Waals surface area contributed by atoms with Gasteiger partial charge in [0, 0.05) is 30.3 Å². The lowest BCUT2D eigenvalue weighted by Gasteiger charge is -2.31. The summed E-state index contributed by atoms with van der Waals surface area (Å²) in [7, 11) is 0. The smallest absolute Gasteiger partial charge is 0.237 e. The summed E-state index contributed by atoms with van der Waals surface area (Å²) in [6, 6.07) is 3.87. The third kappa shape index (κ3) is 4.55. The first-order valence-corrected chi connectivity index (χ1v) is 9.74. The highest BCUT2D eigenvalue weighted by atomic mass is 35.5. The number of hydrogen-bond donors (Lipinski definition) is 2. The Balaban J connectivity index is 1.69. The maximum atomic E-state index is 14.5. The molecule has 2 aliphatic rings. The van der Waals surface area contributed by atoms with Crippen LogP contribution < -0.4 is 11.1 Å². The van der Waals surface area contributed by atoms with Gasteiger partial charge in [0.2, 0.25) is 5.91 Å². The van der Waals surface area contributed by atoms with E-state index in [1.54, 1.807) is 12.1 Å². The van der Waals surface area contributed by atoms with Crippen LogP contribution in [0.2, 0.25) is 5.02 Å². The van der Waals surface area contributed by atoms with E-state index in [1.165, 1.54) is 6.07 Å². The van der Waals surface area contributed by atoms with E-state index in [0.717, 1.165) is 38.8 Å². The highest BCUT2D eigenvalue weighted by Gasteiger charge is 2.30.